The Morgan fingerprint density at radius 1 is 1.38 bits per heavy atom. The first-order valence-corrected chi connectivity index (χ1v) is 7.77. The predicted molar refractivity (Wildman–Crippen MR) is 84.3 cm³/mol. The van der Waals surface area contributed by atoms with Crippen molar-refractivity contribution in [3.05, 3.63) is 28.2 Å². The number of likely N-dealkylation sites (tertiary alicyclic amines) is 1. The highest BCUT2D eigenvalue weighted by Crippen LogP contribution is 2.21. The number of carbonyl (C=O) groups is 2. The van der Waals surface area contributed by atoms with Crippen LogP contribution in [0.25, 0.3) is 0 Å². The summed E-state index contributed by atoms with van der Waals surface area (Å²) in [6, 6.07) is 5.88. The van der Waals surface area contributed by atoms with Gasteiger partial charge in [-0.25, -0.2) is 0 Å². The lowest BCUT2D eigenvalue weighted by atomic mass is 9.97. The Balaban J connectivity index is 1.85. The molecule has 2 N–H and O–H groups in total. The Labute approximate surface area is 132 Å². The average molecular weight is 355 g/mol. The van der Waals surface area contributed by atoms with Crippen LogP contribution >= 0.6 is 15.9 Å². The highest BCUT2D eigenvalue weighted by Gasteiger charge is 2.26. The van der Waals surface area contributed by atoms with Gasteiger partial charge in [0.2, 0.25) is 5.91 Å². The molecule has 1 aromatic rings. The van der Waals surface area contributed by atoms with Crippen LogP contribution in [0.1, 0.15) is 18.4 Å². The molecular formula is C15H19BrN2O3. The van der Waals surface area contributed by atoms with Gasteiger partial charge in [-0.3, -0.25) is 9.59 Å². The van der Waals surface area contributed by atoms with Crippen molar-refractivity contribution in [3.8, 4) is 0 Å². The van der Waals surface area contributed by atoms with E-state index in [1.54, 1.807) is 4.90 Å². The number of piperidine rings is 1. The van der Waals surface area contributed by atoms with Gasteiger partial charge >= 0.3 is 5.97 Å². The molecule has 0 aromatic heterocycles. The zero-order valence-electron chi connectivity index (χ0n) is 11.9. The van der Waals surface area contributed by atoms with Gasteiger partial charge in [-0.15, -0.1) is 0 Å². The fourth-order valence-corrected chi connectivity index (χ4v) is 2.80. The second-order valence-corrected chi connectivity index (χ2v) is 6.22. The van der Waals surface area contributed by atoms with Gasteiger partial charge in [-0.05, 0) is 37.5 Å². The second kappa shape index (κ2) is 6.93. The molecule has 1 aliphatic rings. The minimum absolute atomic E-state index is 0.0122. The third-order valence-corrected chi connectivity index (χ3v) is 4.32. The van der Waals surface area contributed by atoms with E-state index in [1.165, 1.54) is 0 Å². The van der Waals surface area contributed by atoms with Crippen LogP contribution in [0.5, 0.6) is 0 Å². The summed E-state index contributed by atoms with van der Waals surface area (Å²) in [5.74, 6) is -1.06. The Morgan fingerprint density at radius 3 is 2.67 bits per heavy atom. The number of carboxylic acids is 1. The number of aryl methyl sites for hydroxylation is 1. The van der Waals surface area contributed by atoms with E-state index in [0.717, 1.165) is 15.7 Å². The number of nitrogens with zero attached hydrogens (tertiary/aromatic N) is 1. The van der Waals surface area contributed by atoms with Gasteiger partial charge in [0, 0.05) is 23.2 Å². The standard InChI is InChI=1S/C15H19BrN2O3/c1-10-2-3-12(16)8-13(10)17-9-14(19)18-6-4-11(5-7-18)15(20)21/h2-3,8,11,17H,4-7,9H2,1H3,(H,20,21). The number of nitrogens with one attached hydrogen (secondary N) is 1. The molecule has 5 nitrogen and oxygen atoms in total. The molecule has 0 spiro atoms. The highest BCUT2D eigenvalue weighted by atomic mass is 79.9. The molecule has 0 saturated carbocycles. The Kier molecular flexibility index (Phi) is 5.22. The highest BCUT2D eigenvalue weighted by molar-refractivity contribution is 9.10. The van der Waals surface area contributed by atoms with Gasteiger partial charge in [-0.2, -0.15) is 0 Å². The molecule has 0 radical (unpaired) electrons. The van der Waals surface area contributed by atoms with Crippen molar-refractivity contribution < 1.29 is 14.7 Å². The van der Waals surface area contributed by atoms with Crippen molar-refractivity contribution >= 4 is 33.5 Å². The van der Waals surface area contributed by atoms with Gasteiger partial charge in [0.1, 0.15) is 0 Å². The quantitative estimate of drug-likeness (QED) is 0.871. The number of rotatable bonds is 4. The van der Waals surface area contributed by atoms with E-state index in [1.807, 2.05) is 25.1 Å². The lowest BCUT2D eigenvalue weighted by molar-refractivity contribution is -0.145. The van der Waals surface area contributed by atoms with Crippen LogP contribution in [0.15, 0.2) is 22.7 Å². The molecule has 114 valence electrons. The fourth-order valence-electron chi connectivity index (χ4n) is 2.44. The van der Waals surface area contributed by atoms with E-state index in [4.69, 9.17) is 5.11 Å². The minimum Gasteiger partial charge on any atom is -0.481 e. The zero-order chi connectivity index (χ0) is 15.4. The summed E-state index contributed by atoms with van der Waals surface area (Å²) < 4.78 is 0.963. The number of hydrogen-bond donors (Lipinski definition) is 2. The molecule has 1 saturated heterocycles. The van der Waals surface area contributed by atoms with Crippen molar-refractivity contribution in [3.63, 3.8) is 0 Å². The first kappa shape index (κ1) is 15.8. The van der Waals surface area contributed by atoms with Gasteiger partial charge in [-0.1, -0.05) is 22.0 Å². The Morgan fingerprint density at radius 2 is 2.05 bits per heavy atom. The molecule has 1 fully saturated rings. The molecule has 0 bridgehead atoms. The van der Waals surface area contributed by atoms with Crippen molar-refractivity contribution in [2.45, 2.75) is 19.8 Å². The number of amides is 1. The van der Waals surface area contributed by atoms with Crippen molar-refractivity contribution in [2.24, 2.45) is 5.92 Å². The van der Waals surface area contributed by atoms with Crippen LogP contribution in [0.3, 0.4) is 0 Å². The van der Waals surface area contributed by atoms with Crippen LogP contribution in [-0.4, -0.2) is 41.5 Å². The largest absolute Gasteiger partial charge is 0.481 e. The Hall–Kier alpha value is -1.56. The van der Waals surface area contributed by atoms with Gasteiger partial charge < -0.3 is 15.3 Å². The first-order valence-electron chi connectivity index (χ1n) is 6.98. The van der Waals surface area contributed by atoms with Gasteiger partial charge in [0.15, 0.2) is 0 Å². The fraction of sp³-hybridized carbons (Fsp3) is 0.467. The maximum absolute atomic E-state index is 12.1. The molecule has 0 unspecified atom stereocenters. The monoisotopic (exact) mass is 354 g/mol. The van der Waals surface area contributed by atoms with Crippen molar-refractivity contribution in [2.75, 3.05) is 25.0 Å². The van der Waals surface area contributed by atoms with E-state index in [0.29, 0.717) is 25.9 Å². The number of aliphatic carboxylic acids is 1. The number of carboxylic acid groups (broad SMARTS) is 1. The van der Waals surface area contributed by atoms with E-state index in [2.05, 4.69) is 21.2 Å². The topological polar surface area (TPSA) is 69.6 Å². The summed E-state index contributed by atoms with van der Waals surface area (Å²) in [5, 5.41) is 12.1. The number of hydrogen-bond acceptors (Lipinski definition) is 3. The summed E-state index contributed by atoms with van der Waals surface area (Å²) >= 11 is 3.41. The summed E-state index contributed by atoms with van der Waals surface area (Å²) in [6.45, 7) is 3.26. The minimum atomic E-state index is -0.759. The third-order valence-electron chi connectivity index (χ3n) is 3.83. The molecule has 6 heteroatoms. The van der Waals surface area contributed by atoms with Crippen LogP contribution < -0.4 is 5.32 Å². The van der Waals surface area contributed by atoms with Crippen molar-refractivity contribution in [1.82, 2.24) is 4.90 Å². The predicted octanol–water partition coefficient (Wildman–Crippen LogP) is 2.49. The van der Waals surface area contributed by atoms with Gasteiger partial charge in [0.25, 0.3) is 0 Å². The summed E-state index contributed by atoms with van der Waals surface area (Å²) in [5.41, 5.74) is 2.01. The van der Waals surface area contributed by atoms with Crippen LogP contribution in [0.2, 0.25) is 0 Å². The van der Waals surface area contributed by atoms with E-state index in [-0.39, 0.29) is 18.4 Å². The molecule has 1 aromatic carbocycles. The van der Waals surface area contributed by atoms with E-state index in [9.17, 15) is 9.59 Å². The summed E-state index contributed by atoms with van der Waals surface area (Å²) in [4.78, 5) is 24.8. The lowest BCUT2D eigenvalue weighted by Gasteiger charge is -2.30. The van der Waals surface area contributed by atoms with Gasteiger partial charge in [0.05, 0.1) is 12.5 Å². The Bertz CT molecular complexity index is 540. The van der Waals surface area contributed by atoms with Crippen molar-refractivity contribution in [1.29, 1.82) is 0 Å². The van der Waals surface area contributed by atoms with E-state index >= 15 is 0 Å². The molecular weight excluding hydrogens is 336 g/mol. The van der Waals surface area contributed by atoms with Crippen LogP contribution in [0, 0.1) is 12.8 Å². The zero-order valence-corrected chi connectivity index (χ0v) is 13.5. The molecule has 1 heterocycles. The maximum Gasteiger partial charge on any atom is 0.306 e. The molecule has 0 aliphatic carbocycles. The molecule has 1 amide bonds. The lowest BCUT2D eigenvalue weighted by Crippen LogP contribution is -2.42. The molecule has 0 atom stereocenters. The third kappa shape index (κ3) is 4.20. The molecule has 21 heavy (non-hydrogen) atoms. The second-order valence-electron chi connectivity index (χ2n) is 5.31. The maximum atomic E-state index is 12.1. The SMILES string of the molecule is Cc1ccc(Br)cc1NCC(=O)N1CCC(C(=O)O)CC1. The van der Waals surface area contributed by atoms with Crippen LogP contribution in [-0.2, 0) is 9.59 Å². The first-order chi connectivity index (χ1) is 9.97. The number of anilines is 1. The van der Waals surface area contributed by atoms with E-state index < -0.39 is 5.97 Å². The number of benzene rings is 1. The molecule has 2 rings (SSSR count). The summed E-state index contributed by atoms with van der Waals surface area (Å²) in [6.07, 6.45) is 1.08. The number of halogens is 1. The average Bonchev–Trinajstić information content (AvgIpc) is 2.48. The molecule has 1 aliphatic heterocycles. The summed E-state index contributed by atoms with van der Waals surface area (Å²) in [7, 11) is 0. The smallest absolute Gasteiger partial charge is 0.306 e. The normalized spacial score (nSPS) is 15.8. The van der Waals surface area contributed by atoms with Crippen LogP contribution in [0.4, 0.5) is 5.69 Å². The number of carbonyl (C=O) groups excluding carboxylic acids is 1.